The summed E-state index contributed by atoms with van der Waals surface area (Å²) in [5.41, 5.74) is 1.43. The number of rotatable bonds is 2. The smallest absolute Gasteiger partial charge is 0.341 e. The van der Waals surface area contributed by atoms with E-state index in [1.165, 1.54) is 0 Å². The van der Waals surface area contributed by atoms with Gasteiger partial charge in [0.05, 0.1) is 17.7 Å². The SMILES string of the molecule is C#Cc1nc2ccccc2cc1C(=O)OCC. The third kappa shape index (κ3) is 2.11. The van der Waals surface area contributed by atoms with E-state index in [0.717, 1.165) is 10.9 Å². The van der Waals surface area contributed by atoms with Gasteiger partial charge in [-0.1, -0.05) is 18.2 Å². The Kier molecular flexibility index (Phi) is 3.06. The van der Waals surface area contributed by atoms with Crippen molar-refractivity contribution in [3.05, 3.63) is 41.6 Å². The molecule has 0 aliphatic heterocycles. The normalized spacial score (nSPS) is 9.88. The predicted octanol–water partition coefficient (Wildman–Crippen LogP) is 2.39. The Hall–Kier alpha value is -2.34. The van der Waals surface area contributed by atoms with Gasteiger partial charge in [0, 0.05) is 5.39 Å². The minimum absolute atomic E-state index is 0.315. The zero-order valence-electron chi connectivity index (χ0n) is 9.43. The molecule has 3 heteroatoms. The number of carbonyl (C=O) groups is 1. The molecular weight excluding hydrogens is 214 g/mol. The molecule has 0 unspecified atom stereocenters. The number of fused-ring (bicyclic) bond motifs is 1. The Labute approximate surface area is 99.4 Å². The van der Waals surface area contributed by atoms with Crippen LogP contribution in [0.5, 0.6) is 0 Å². The van der Waals surface area contributed by atoms with Crippen molar-refractivity contribution in [3.8, 4) is 12.3 Å². The molecule has 2 aromatic rings. The van der Waals surface area contributed by atoms with Crippen LogP contribution >= 0.6 is 0 Å². The van der Waals surface area contributed by atoms with Crippen molar-refractivity contribution in [2.75, 3.05) is 6.61 Å². The van der Waals surface area contributed by atoms with E-state index in [-0.39, 0.29) is 0 Å². The van der Waals surface area contributed by atoms with Crippen molar-refractivity contribution < 1.29 is 9.53 Å². The molecule has 1 aromatic heterocycles. The van der Waals surface area contributed by atoms with E-state index >= 15 is 0 Å². The number of aromatic nitrogens is 1. The number of pyridine rings is 1. The van der Waals surface area contributed by atoms with Gasteiger partial charge in [0.15, 0.2) is 0 Å². The van der Waals surface area contributed by atoms with Gasteiger partial charge in [-0.2, -0.15) is 0 Å². The van der Waals surface area contributed by atoms with E-state index in [9.17, 15) is 4.79 Å². The lowest BCUT2D eigenvalue weighted by atomic mass is 10.1. The van der Waals surface area contributed by atoms with Crippen molar-refractivity contribution >= 4 is 16.9 Å². The molecule has 0 aliphatic rings. The van der Waals surface area contributed by atoms with Crippen LogP contribution in [0.15, 0.2) is 30.3 Å². The van der Waals surface area contributed by atoms with Gasteiger partial charge in [0.25, 0.3) is 0 Å². The first-order valence-electron chi connectivity index (χ1n) is 5.29. The van der Waals surface area contributed by atoms with Crippen LogP contribution in [0.25, 0.3) is 10.9 Å². The van der Waals surface area contributed by atoms with Crippen molar-refractivity contribution in [2.45, 2.75) is 6.92 Å². The summed E-state index contributed by atoms with van der Waals surface area (Å²) >= 11 is 0. The molecule has 0 fully saturated rings. The average Bonchev–Trinajstić information content (AvgIpc) is 2.37. The van der Waals surface area contributed by atoms with Gasteiger partial charge >= 0.3 is 5.97 Å². The van der Waals surface area contributed by atoms with E-state index in [1.807, 2.05) is 24.3 Å². The molecule has 0 radical (unpaired) electrons. The molecule has 17 heavy (non-hydrogen) atoms. The average molecular weight is 225 g/mol. The van der Waals surface area contributed by atoms with Crippen molar-refractivity contribution in [1.29, 1.82) is 0 Å². The summed E-state index contributed by atoms with van der Waals surface area (Å²) in [5, 5.41) is 0.870. The molecule has 1 heterocycles. The largest absolute Gasteiger partial charge is 0.462 e. The summed E-state index contributed by atoms with van der Waals surface area (Å²) in [6.45, 7) is 2.07. The summed E-state index contributed by atoms with van der Waals surface area (Å²) in [5.74, 6) is 1.98. The van der Waals surface area contributed by atoms with Crippen LogP contribution in [0.2, 0.25) is 0 Å². The van der Waals surface area contributed by atoms with Crippen LogP contribution in [-0.4, -0.2) is 17.6 Å². The Morgan fingerprint density at radius 1 is 1.47 bits per heavy atom. The van der Waals surface area contributed by atoms with Gasteiger partial charge in [-0.05, 0) is 25.0 Å². The molecule has 0 bridgehead atoms. The number of ether oxygens (including phenoxy) is 1. The fourth-order valence-electron chi connectivity index (χ4n) is 1.59. The van der Waals surface area contributed by atoms with Gasteiger partial charge in [-0.25, -0.2) is 9.78 Å². The zero-order valence-corrected chi connectivity index (χ0v) is 9.43. The second kappa shape index (κ2) is 4.67. The standard InChI is InChI=1S/C14H11NO2/c1-3-12-11(14(16)17-4-2)9-10-7-5-6-8-13(10)15-12/h1,5-9H,4H2,2H3. The minimum atomic E-state index is -0.432. The lowest BCUT2D eigenvalue weighted by Gasteiger charge is -2.05. The molecule has 0 amide bonds. The van der Waals surface area contributed by atoms with Crippen LogP contribution in [0.3, 0.4) is 0 Å². The topological polar surface area (TPSA) is 39.2 Å². The molecule has 0 saturated heterocycles. The molecule has 3 nitrogen and oxygen atoms in total. The first-order chi connectivity index (χ1) is 8.26. The van der Waals surface area contributed by atoms with E-state index < -0.39 is 5.97 Å². The first-order valence-corrected chi connectivity index (χ1v) is 5.29. The molecule has 84 valence electrons. The summed E-state index contributed by atoms with van der Waals surface area (Å²) in [6.07, 6.45) is 5.36. The van der Waals surface area contributed by atoms with Crippen LogP contribution in [0.4, 0.5) is 0 Å². The summed E-state index contributed by atoms with van der Waals surface area (Å²) < 4.78 is 4.94. The fraction of sp³-hybridized carbons (Fsp3) is 0.143. The maximum Gasteiger partial charge on any atom is 0.341 e. The van der Waals surface area contributed by atoms with Crippen LogP contribution in [0, 0.1) is 12.3 Å². The molecule has 2 rings (SSSR count). The second-order valence-corrected chi connectivity index (χ2v) is 3.44. The number of hydrogen-bond donors (Lipinski definition) is 0. The van der Waals surface area contributed by atoms with Crippen molar-refractivity contribution in [1.82, 2.24) is 4.98 Å². The summed E-state index contributed by atoms with van der Waals surface area (Å²) in [4.78, 5) is 16.0. The quantitative estimate of drug-likeness (QED) is 0.582. The molecule has 0 aliphatic carbocycles. The van der Waals surface area contributed by atoms with E-state index in [1.54, 1.807) is 13.0 Å². The van der Waals surface area contributed by atoms with Gasteiger partial charge in [0.1, 0.15) is 5.69 Å². The van der Waals surface area contributed by atoms with Gasteiger partial charge < -0.3 is 4.74 Å². The summed E-state index contributed by atoms with van der Waals surface area (Å²) in [6, 6.07) is 9.21. The maximum absolute atomic E-state index is 11.7. The first kappa shape index (κ1) is 11.2. The number of carbonyl (C=O) groups excluding carboxylic acids is 1. The Bertz CT molecular complexity index is 611. The highest BCUT2D eigenvalue weighted by atomic mass is 16.5. The molecule has 1 aromatic carbocycles. The Balaban J connectivity index is 2.62. The lowest BCUT2D eigenvalue weighted by molar-refractivity contribution is 0.0526. The third-order valence-corrected chi connectivity index (χ3v) is 2.36. The predicted molar refractivity (Wildman–Crippen MR) is 65.6 cm³/mol. The van der Waals surface area contributed by atoms with Crippen molar-refractivity contribution in [2.24, 2.45) is 0 Å². The van der Waals surface area contributed by atoms with E-state index in [4.69, 9.17) is 11.2 Å². The minimum Gasteiger partial charge on any atom is -0.462 e. The highest BCUT2D eigenvalue weighted by Gasteiger charge is 2.13. The number of hydrogen-bond acceptors (Lipinski definition) is 3. The number of para-hydroxylation sites is 1. The highest BCUT2D eigenvalue weighted by Crippen LogP contribution is 2.17. The highest BCUT2D eigenvalue weighted by molar-refractivity contribution is 5.96. The molecule has 0 spiro atoms. The molecule has 0 saturated carbocycles. The van der Waals surface area contributed by atoms with Gasteiger partial charge in [-0.15, -0.1) is 6.42 Å². The van der Waals surface area contributed by atoms with Crippen LogP contribution < -0.4 is 0 Å². The maximum atomic E-state index is 11.7. The zero-order chi connectivity index (χ0) is 12.3. The number of terminal acetylenes is 1. The number of esters is 1. The number of benzene rings is 1. The van der Waals surface area contributed by atoms with Gasteiger partial charge in [-0.3, -0.25) is 0 Å². The lowest BCUT2D eigenvalue weighted by Crippen LogP contribution is -2.08. The van der Waals surface area contributed by atoms with Crippen LogP contribution in [-0.2, 0) is 4.74 Å². The van der Waals surface area contributed by atoms with E-state index in [0.29, 0.717) is 17.9 Å². The Morgan fingerprint density at radius 3 is 2.94 bits per heavy atom. The van der Waals surface area contributed by atoms with Gasteiger partial charge in [0.2, 0.25) is 0 Å². The summed E-state index contributed by atoms with van der Waals surface area (Å²) in [7, 11) is 0. The number of nitrogens with zero attached hydrogens (tertiary/aromatic N) is 1. The molecular formula is C14H11NO2. The third-order valence-electron chi connectivity index (χ3n) is 2.36. The van der Waals surface area contributed by atoms with E-state index in [2.05, 4.69) is 10.9 Å². The Morgan fingerprint density at radius 2 is 2.24 bits per heavy atom. The second-order valence-electron chi connectivity index (χ2n) is 3.44. The monoisotopic (exact) mass is 225 g/mol. The fourth-order valence-corrected chi connectivity index (χ4v) is 1.59. The van der Waals surface area contributed by atoms with Crippen molar-refractivity contribution in [3.63, 3.8) is 0 Å². The molecule has 0 atom stereocenters. The van der Waals surface area contributed by atoms with Crippen LogP contribution in [0.1, 0.15) is 23.0 Å². The molecule has 0 N–H and O–H groups in total.